The van der Waals surface area contributed by atoms with Crippen molar-refractivity contribution in [3.05, 3.63) is 23.8 Å². The lowest BCUT2D eigenvalue weighted by Crippen LogP contribution is -2.52. The second kappa shape index (κ2) is 4.64. The number of Topliss-reactive ketones (excluding diaryl/α,β-unsaturated/α-hetero) is 1. The Balaban J connectivity index is 1.97. The number of fused-ring (bicyclic) bond motifs is 4. The Morgan fingerprint density at radius 1 is 1.42 bits per heavy atom. The molecule has 0 spiro atoms. The van der Waals surface area contributed by atoms with Crippen molar-refractivity contribution in [3.63, 3.8) is 0 Å². The van der Waals surface area contributed by atoms with Gasteiger partial charge in [-0.15, -0.1) is 0 Å². The predicted molar refractivity (Wildman–Crippen MR) is 68.6 cm³/mol. The second-order valence-corrected chi connectivity index (χ2v) is 5.38. The molecule has 3 aliphatic rings. The van der Waals surface area contributed by atoms with E-state index < -0.39 is 0 Å². The van der Waals surface area contributed by atoms with Crippen molar-refractivity contribution >= 4 is 5.78 Å². The van der Waals surface area contributed by atoms with E-state index in [1.165, 1.54) is 0 Å². The summed E-state index contributed by atoms with van der Waals surface area (Å²) in [6.07, 6.45) is 7.79. The number of carbonyl (C=O) groups is 1. The van der Waals surface area contributed by atoms with Crippen LogP contribution in [0, 0.1) is 34.5 Å². The van der Waals surface area contributed by atoms with Crippen LogP contribution in [0.1, 0.15) is 19.3 Å². The van der Waals surface area contributed by atoms with Crippen LogP contribution in [0.5, 0.6) is 0 Å². The second-order valence-electron chi connectivity index (χ2n) is 5.38. The van der Waals surface area contributed by atoms with E-state index >= 15 is 0 Å². The molecule has 1 aliphatic carbocycles. The molecule has 4 heteroatoms. The summed E-state index contributed by atoms with van der Waals surface area (Å²) >= 11 is 0. The number of ketones is 1. The molecule has 0 N–H and O–H groups in total. The van der Waals surface area contributed by atoms with Crippen LogP contribution in [-0.2, 0) is 4.79 Å². The fourth-order valence-corrected chi connectivity index (χ4v) is 3.76. The van der Waals surface area contributed by atoms with Crippen LogP contribution in [0.15, 0.2) is 23.8 Å². The van der Waals surface area contributed by atoms with Gasteiger partial charge in [-0.05, 0) is 12.8 Å². The SMILES string of the molecule is N#CCCN1C2CC(C#N)C1C1CC=CC=C1C2=O. The van der Waals surface area contributed by atoms with E-state index in [1.54, 1.807) is 0 Å². The number of allylic oxidation sites excluding steroid dienone is 3. The Bertz CT molecular complexity index is 549. The topological polar surface area (TPSA) is 67.9 Å². The zero-order valence-corrected chi connectivity index (χ0v) is 10.6. The van der Waals surface area contributed by atoms with Crippen molar-refractivity contribution in [1.82, 2.24) is 4.90 Å². The van der Waals surface area contributed by atoms with Gasteiger partial charge < -0.3 is 0 Å². The summed E-state index contributed by atoms with van der Waals surface area (Å²) in [6, 6.07) is 4.43. The van der Waals surface area contributed by atoms with Crippen molar-refractivity contribution in [2.45, 2.75) is 31.3 Å². The number of rotatable bonds is 2. The smallest absolute Gasteiger partial charge is 0.176 e. The molecule has 2 heterocycles. The predicted octanol–water partition coefficient (Wildman–Crippen LogP) is 1.57. The first-order valence-corrected chi connectivity index (χ1v) is 6.71. The highest BCUT2D eigenvalue weighted by Gasteiger charge is 2.54. The first-order chi connectivity index (χ1) is 9.27. The van der Waals surface area contributed by atoms with E-state index in [9.17, 15) is 10.1 Å². The molecule has 4 atom stereocenters. The molecular formula is C15H15N3O. The zero-order chi connectivity index (χ0) is 13.4. The molecule has 0 aromatic carbocycles. The van der Waals surface area contributed by atoms with Crippen molar-refractivity contribution in [3.8, 4) is 12.1 Å². The molecule has 4 unspecified atom stereocenters. The van der Waals surface area contributed by atoms with Gasteiger partial charge in [0.15, 0.2) is 5.78 Å². The summed E-state index contributed by atoms with van der Waals surface area (Å²) in [5, 5.41) is 18.1. The molecule has 2 bridgehead atoms. The van der Waals surface area contributed by atoms with Crippen LogP contribution in [0.4, 0.5) is 0 Å². The average molecular weight is 253 g/mol. The third kappa shape index (κ3) is 1.72. The maximum Gasteiger partial charge on any atom is 0.176 e. The fraction of sp³-hybridized carbons (Fsp3) is 0.533. The Labute approximate surface area is 112 Å². The van der Waals surface area contributed by atoms with Gasteiger partial charge in [0, 0.05) is 30.5 Å². The maximum atomic E-state index is 12.5. The lowest BCUT2D eigenvalue weighted by molar-refractivity contribution is -0.123. The minimum Gasteiger partial charge on any atom is -0.293 e. The van der Waals surface area contributed by atoms with Gasteiger partial charge in [0.05, 0.1) is 24.1 Å². The lowest BCUT2D eigenvalue weighted by atomic mass is 9.78. The van der Waals surface area contributed by atoms with E-state index in [2.05, 4.69) is 23.1 Å². The van der Waals surface area contributed by atoms with Gasteiger partial charge in [-0.25, -0.2) is 0 Å². The quantitative estimate of drug-likeness (QED) is 0.749. The van der Waals surface area contributed by atoms with E-state index in [0.717, 1.165) is 12.0 Å². The fourth-order valence-electron chi connectivity index (χ4n) is 3.76. The molecule has 0 radical (unpaired) electrons. The Morgan fingerprint density at radius 2 is 2.26 bits per heavy atom. The van der Waals surface area contributed by atoms with Crippen LogP contribution in [0.2, 0.25) is 0 Å². The molecule has 0 aromatic rings. The number of hydrogen-bond acceptors (Lipinski definition) is 4. The minimum absolute atomic E-state index is 0.0879. The van der Waals surface area contributed by atoms with Crippen molar-refractivity contribution in [2.75, 3.05) is 6.54 Å². The molecular weight excluding hydrogens is 238 g/mol. The molecule has 2 fully saturated rings. The molecule has 0 saturated carbocycles. The zero-order valence-electron chi connectivity index (χ0n) is 10.6. The highest BCUT2D eigenvalue weighted by atomic mass is 16.1. The molecule has 3 rings (SSSR count). The molecule has 96 valence electrons. The van der Waals surface area contributed by atoms with Gasteiger partial charge in [-0.1, -0.05) is 18.2 Å². The van der Waals surface area contributed by atoms with Crippen LogP contribution in [-0.4, -0.2) is 29.3 Å². The molecule has 0 aromatic heterocycles. The third-order valence-electron chi connectivity index (χ3n) is 4.52. The van der Waals surface area contributed by atoms with Crippen molar-refractivity contribution in [2.24, 2.45) is 11.8 Å². The number of piperidine rings is 1. The summed E-state index contributed by atoms with van der Waals surface area (Å²) in [4.78, 5) is 14.6. The molecule has 0 amide bonds. The number of carbonyl (C=O) groups excluding carboxylic acids is 1. The first-order valence-electron chi connectivity index (χ1n) is 6.71. The minimum atomic E-state index is -0.183. The van der Waals surface area contributed by atoms with Crippen molar-refractivity contribution < 1.29 is 4.79 Å². The lowest BCUT2D eigenvalue weighted by Gasteiger charge is -2.41. The van der Waals surface area contributed by atoms with Gasteiger partial charge in [0.25, 0.3) is 0 Å². The summed E-state index contributed by atoms with van der Waals surface area (Å²) in [5.74, 6) is 0.218. The molecule has 2 aliphatic heterocycles. The maximum absolute atomic E-state index is 12.5. The standard InChI is InChI=1S/C15H15N3O/c16-6-3-7-18-13-8-10(9-17)14(18)11-4-1-2-5-12(11)15(13)19/h1-2,5,10-11,13-14H,3-4,7-8H2. The van der Waals surface area contributed by atoms with Gasteiger partial charge in [-0.2, -0.15) is 10.5 Å². The molecule has 2 saturated heterocycles. The summed E-state index contributed by atoms with van der Waals surface area (Å²) < 4.78 is 0. The Morgan fingerprint density at radius 3 is 3.00 bits per heavy atom. The number of nitrogens with zero attached hydrogens (tertiary/aromatic N) is 3. The highest BCUT2D eigenvalue weighted by Crippen LogP contribution is 2.45. The van der Waals surface area contributed by atoms with Gasteiger partial charge in [-0.3, -0.25) is 9.69 Å². The van der Waals surface area contributed by atoms with E-state index in [4.69, 9.17) is 5.26 Å². The van der Waals surface area contributed by atoms with Gasteiger partial charge >= 0.3 is 0 Å². The van der Waals surface area contributed by atoms with E-state index in [1.807, 2.05) is 12.2 Å². The molecule has 19 heavy (non-hydrogen) atoms. The Hall–Kier alpha value is -1.91. The van der Waals surface area contributed by atoms with E-state index in [0.29, 0.717) is 19.4 Å². The normalized spacial score (nSPS) is 36.3. The monoisotopic (exact) mass is 253 g/mol. The first kappa shape index (κ1) is 12.1. The summed E-state index contributed by atoms with van der Waals surface area (Å²) in [6.45, 7) is 0.600. The Kier molecular flexibility index (Phi) is 2.97. The van der Waals surface area contributed by atoms with E-state index in [-0.39, 0.29) is 29.7 Å². The summed E-state index contributed by atoms with van der Waals surface area (Å²) in [7, 11) is 0. The van der Waals surface area contributed by atoms with Gasteiger partial charge in [0.2, 0.25) is 0 Å². The highest BCUT2D eigenvalue weighted by molar-refractivity contribution is 6.02. The largest absolute Gasteiger partial charge is 0.293 e. The number of nitriles is 2. The summed E-state index contributed by atoms with van der Waals surface area (Å²) in [5.41, 5.74) is 0.892. The third-order valence-corrected chi connectivity index (χ3v) is 4.52. The van der Waals surface area contributed by atoms with Crippen molar-refractivity contribution in [1.29, 1.82) is 10.5 Å². The van der Waals surface area contributed by atoms with Gasteiger partial charge in [0.1, 0.15) is 0 Å². The van der Waals surface area contributed by atoms with Crippen LogP contribution < -0.4 is 0 Å². The number of hydrogen-bond donors (Lipinski definition) is 0. The van der Waals surface area contributed by atoms with Crippen LogP contribution in [0.3, 0.4) is 0 Å². The average Bonchev–Trinajstić information content (AvgIpc) is 2.76. The van der Waals surface area contributed by atoms with Crippen LogP contribution >= 0.6 is 0 Å². The van der Waals surface area contributed by atoms with Crippen LogP contribution in [0.25, 0.3) is 0 Å². The molecule has 4 nitrogen and oxygen atoms in total.